The first kappa shape index (κ1) is 16.3. The summed E-state index contributed by atoms with van der Waals surface area (Å²) in [5.41, 5.74) is 4.71. The minimum atomic E-state index is 0.108. The monoisotopic (exact) mass is 344 g/mol. The van der Waals surface area contributed by atoms with Crippen molar-refractivity contribution in [3.63, 3.8) is 0 Å². The number of amides is 1. The van der Waals surface area contributed by atoms with Crippen molar-refractivity contribution in [3.05, 3.63) is 64.4 Å². The number of carbonyl (C=O) groups is 1. The van der Waals surface area contributed by atoms with Gasteiger partial charge in [-0.2, -0.15) is 5.26 Å². The minimum Gasteiger partial charge on any atom is -0.353 e. The molecule has 1 aliphatic carbocycles. The largest absolute Gasteiger partial charge is 0.353 e. The number of rotatable bonds is 2. The zero-order valence-corrected chi connectivity index (χ0v) is 14.8. The molecule has 1 aromatic heterocycles. The zero-order chi connectivity index (χ0) is 18.1. The van der Waals surface area contributed by atoms with E-state index in [1.165, 1.54) is 0 Å². The summed E-state index contributed by atoms with van der Waals surface area (Å²) in [6, 6.07) is 11.9. The van der Waals surface area contributed by atoms with Crippen molar-refractivity contribution in [1.82, 2.24) is 9.88 Å². The van der Waals surface area contributed by atoms with Crippen LogP contribution in [0.2, 0.25) is 0 Å². The maximum atomic E-state index is 12.9. The lowest BCUT2D eigenvalue weighted by atomic mass is 10.1. The summed E-state index contributed by atoms with van der Waals surface area (Å²) in [4.78, 5) is 21.5. The van der Waals surface area contributed by atoms with Gasteiger partial charge < -0.3 is 9.80 Å². The van der Waals surface area contributed by atoms with Gasteiger partial charge >= 0.3 is 0 Å². The number of nitriles is 1. The van der Waals surface area contributed by atoms with Crippen molar-refractivity contribution in [1.29, 1.82) is 5.26 Å². The molecule has 2 aromatic rings. The first-order valence-corrected chi connectivity index (χ1v) is 8.84. The molecule has 1 amide bonds. The molecule has 0 spiro atoms. The van der Waals surface area contributed by atoms with Gasteiger partial charge in [0.05, 0.1) is 11.6 Å². The molecule has 1 aliphatic heterocycles. The minimum absolute atomic E-state index is 0.108. The van der Waals surface area contributed by atoms with Crippen LogP contribution in [0.15, 0.2) is 42.1 Å². The highest BCUT2D eigenvalue weighted by atomic mass is 16.2. The summed E-state index contributed by atoms with van der Waals surface area (Å²) >= 11 is 0. The van der Waals surface area contributed by atoms with Gasteiger partial charge in [0.2, 0.25) is 5.91 Å². The summed E-state index contributed by atoms with van der Waals surface area (Å²) in [6.45, 7) is 5.01. The van der Waals surface area contributed by atoms with Crippen LogP contribution in [-0.4, -0.2) is 42.0 Å². The molecular formula is C21H20N4O. The lowest BCUT2D eigenvalue weighted by molar-refractivity contribution is -0.127. The zero-order valence-electron chi connectivity index (χ0n) is 14.8. The Hall–Kier alpha value is -3.13. The standard InChI is InChI=1S/C21H20N4O/c1-15-2-5-20(23-14-15)24-6-8-25(9-7-24)21(26)19-11-17-4-3-16(13-22)10-18(17)12-19/h2-5,10,12,14H,6-9,11H2,1H3. The van der Waals surface area contributed by atoms with E-state index in [9.17, 15) is 4.79 Å². The van der Waals surface area contributed by atoms with Crippen LogP contribution in [0.4, 0.5) is 5.82 Å². The Balaban J connectivity index is 1.41. The van der Waals surface area contributed by atoms with Crippen LogP contribution in [0, 0.1) is 18.3 Å². The third kappa shape index (κ3) is 3.06. The highest BCUT2D eigenvalue weighted by molar-refractivity contribution is 6.00. The van der Waals surface area contributed by atoms with E-state index in [1.54, 1.807) is 0 Å². The fourth-order valence-corrected chi connectivity index (χ4v) is 3.53. The second-order valence-corrected chi connectivity index (χ2v) is 6.84. The lowest BCUT2D eigenvalue weighted by Crippen LogP contribution is -2.49. The molecule has 0 N–H and O–H groups in total. The van der Waals surface area contributed by atoms with E-state index in [-0.39, 0.29) is 5.91 Å². The van der Waals surface area contributed by atoms with Gasteiger partial charge in [-0.1, -0.05) is 12.1 Å². The molecule has 1 saturated heterocycles. The van der Waals surface area contributed by atoms with E-state index in [1.807, 2.05) is 48.4 Å². The summed E-state index contributed by atoms with van der Waals surface area (Å²) in [5.74, 6) is 1.08. The summed E-state index contributed by atoms with van der Waals surface area (Å²) in [5, 5.41) is 9.03. The average Bonchev–Trinajstić information content (AvgIpc) is 3.11. The van der Waals surface area contributed by atoms with Gasteiger partial charge in [0.15, 0.2) is 0 Å². The summed E-state index contributed by atoms with van der Waals surface area (Å²) in [6.07, 6.45) is 4.47. The van der Waals surface area contributed by atoms with Crippen LogP contribution in [-0.2, 0) is 11.2 Å². The fraction of sp³-hybridized carbons (Fsp3) is 0.286. The van der Waals surface area contributed by atoms with Gasteiger partial charge in [-0.3, -0.25) is 4.79 Å². The molecule has 2 aliphatic rings. The van der Waals surface area contributed by atoms with Crippen LogP contribution in [0.5, 0.6) is 0 Å². The molecule has 1 fully saturated rings. The molecule has 0 unspecified atom stereocenters. The Labute approximate surface area is 153 Å². The van der Waals surface area contributed by atoms with E-state index >= 15 is 0 Å². The van der Waals surface area contributed by atoms with Crippen molar-refractivity contribution in [3.8, 4) is 6.07 Å². The summed E-state index contributed by atoms with van der Waals surface area (Å²) < 4.78 is 0. The second kappa shape index (κ2) is 6.64. The van der Waals surface area contributed by atoms with Crippen molar-refractivity contribution < 1.29 is 4.79 Å². The molecular weight excluding hydrogens is 324 g/mol. The Morgan fingerprint density at radius 2 is 1.96 bits per heavy atom. The van der Waals surface area contributed by atoms with Crippen molar-refractivity contribution in [2.75, 3.05) is 31.1 Å². The third-order valence-corrected chi connectivity index (χ3v) is 5.05. The molecule has 0 saturated carbocycles. The Morgan fingerprint density at radius 1 is 1.15 bits per heavy atom. The predicted octanol–water partition coefficient (Wildman–Crippen LogP) is 2.55. The number of pyridine rings is 1. The number of carbonyl (C=O) groups excluding carboxylic acids is 1. The van der Waals surface area contributed by atoms with Gasteiger partial charge in [-0.15, -0.1) is 0 Å². The van der Waals surface area contributed by atoms with Crippen LogP contribution in [0.3, 0.4) is 0 Å². The predicted molar refractivity (Wildman–Crippen MR) is 101 cm³/mol. The smallest absolute Gasteiger partial charge is 0.250 e. The second-order valence-electron chi connectivity index (χ2n) is 6.84. The third-order valence-electron chi connectivity index (χ3n) is 5.05. The van der Waals surface area contributed by atoms with E-state index in [4.69, 9.17) is 5.26 Å². The normalized spacial score (nSPS) is 16.1. The molecule has 0 atom stereocenters. The topological polar surface area (TPSA) is 60.2 Å². The summed E-state index contributed by atoms with van der Waals surface area (Å²) in [7, 11) is 0. The highest BCUT2D eigenvalue weighted by Gasteiger charge is 2.26. The van der Waals surface area contributed by atoms with E-state index in [0.29, 0.717) is 25.1 Å². The maximum absolute atomic E-state index is 12.9. The quantitative estimate of drug-likeness (QED) is 0.840. The first-order chi connectivity index (χ1) is 12.6. The number of piperazine rings is 1. The molecule has 130 valence electrons. The van der Waals surface area contributed by atoms with Crippen LogP contribution in [0.1, 0.15) is 22.3 Å². The van der Waals surface area contributed by atoms with Crippen molar-refractivity contribution in [2.45, 2.75) is 13.3 Å². The van der Waals surface area contributed by atoms with Crippen molar-refractivity contribution in [2.24, 2.45) is 0 Å². The van der Waals surface area contributed by atoms with Gasteiger partial charge in [-0.25, -0.2) is 4.98 Å². The molecule has 5 heteroatoms. The van der Waals surface area contributed by atoms with E-state index in [2.05, 4.69) is 22.0 Å². The van der Waals surface area contributed by atoms with Gasteiger partial charge in [-0.05, 0) is 47.9 Å². The number of aryl methyl sites for hydroxylation is 1. The average molecular weight is 344 g/mol. The van der Waals surface area contributed by atoms with Crippen LogP contribution >= 0.6 is 0 Å². The SMILES string of the molecule is Cc1ccc(N2CCN(C(=O)C3=Cc4cc(C#N)ccc4C3)CC2)nc1. The Morgan fingerprint density at radius 3 is 2.65 bits per heavy atom. The number of anilines is 1. The number of fused-ring (bicyclic) bond motifs is 1. The van der Waals surface area contributed by atoms with Crippen LogP contribution in [0.25, 0.3) is 6.08 Å². The molecule has 0 bridgehead atoms. The van der Waals surface area contributed by atoms with Crippen LogP contribution < -0.4 is 4.90 Å². The molecule has 4 rings (SSSR count). The number of benzene rings is 1. The highest BCUT2D eigenvalue weighted by Crippen LogP contribution is 2.27. The van der Waals surface area contributed by atoms with Crippen molar-refractivity contribution >= 4 is 17.8 Å². The van der Waals surface area contributed by atoms with E-state index in [0.717, 1.165) is 41.2 Å². The lowest BCUT2D eigenvalue weighted by Gasteiger charge is -2.35. The van der Waals surface area contributed by atoms with E-state index < -0.39 is 0 Å². The molecule has 0 radical (unpaired) electrons. The molecule has 2 heterocycles. The first-order valence-electron chi connectivity index (χ1n) is 8.84. The van der Waals surface area contributed by atoms with Gasteiger partial charge in [0.25, 0.3) is 0 Å². The number of nitrogens with zero attached hydrogens (tertiary/aromatic N) is 4. The van der Waals surface area contributed by atoms with Gasteiger partial charge in [0, 0.05) is 44.4 Å². The fourth-order valence-electron chi connectivity index (χ4n) is 3.53. The van der Waals surface area contributed by atoms with Gasteiger partial charge in [0.1, 0.15) is 5.82 Å². The number of hydrogen-bond acceptors (Lipinski definition) is 4. The number of aromatic nitrogens is 1. The Kier molecular flexibility index (Phi) is 4.18. The molecule has 1 aromatic carbocycles. The maximum Gasteiger partial charge on any atom is 0.250 e. The Bertz CT molecular complexity index is 916. The number of hydrogen-bond donors (Lipinski definition) is 0. The molecule has 5 nitrogen and oxygen atoms in total. The molecule has 26 heavy (non-hydrogen) atoms.